The van der Waals surface area contributed by atoms with Gasteiger partial charge in [0.25, 0.3) is 0 Å². The molecule has 4 heteroatoms. The summed E-state index contributed by atoms with van der Waals surface area (Å²) >= 11 is 0. The van der Waals surface area contributed by atoms with Crippen molar-refractivity contribution >= 4 is 10.8 Å². The van der Waals surface area contributed by atoms with Crippen molar-refractivity contribution in [3.05, 3.63) is 30.2 Å². The Kier molecular flexibility index (Phi) is 2.62. The van der Waals surface area contributed by atoms with E-state index in [0.29, 0.717) is 5.76 Å². The molecule has 0 aliphatic heterocycles. The number of fused-ring (bicyclic) bond motifs is 1. The standard InChI is InChI=1S/C11H13NO3/c1-14-8-2-3-9-7(4-8)6-15-11(9)10(13)5-12/h2-4,6,10,13H,5,12H2,1H3. The molecule has 0 bridgehead atoms. The molecule has 0 fully saturated rings. The Labute approximate surface area is 87.2 Å². The first kappa shape index (κ1) is 10.0. The molecule has 0 radical (unpaired) electrons. The third-order valence-electron chi connectivity index (χ3n) is 2.36. The normalized spacial score (nSPS) is 13.0. The molecule has 0 saturated heterocycles. The topological polar surface area (TPSA) is 68.6 Å². The third kappa shape index (κ3) is 1.69. The van der Waals surface area contributed by atoms with Gasteiger partial charge in [-0.3, -0.25) is 0 Å². The predicted molar refractivity (Wildman–Crippen MR) is 56.8 cm³/mol. The number of furan rings is 1. The van der Waals surface area contributed by atoms with Gasteiger partial charge in [-0.25, -0.2) is 0 Å². The number of rotatable bonds is 3. The van der Waals surface area contributed by atoms with Crippen molar-refractivity contribution in [3.8, 4) is 5.75 Å². The quantitative estimate of drug-likeness (QED) is 0.798. The largest absolute Gasteiger partial charge is 0.497 e. The van der Waals surface area contributed by atoms with E-state index in [9.17, 15) is 5.11 Å². The highest BCUT2D eigenvalue weighted by molar-refractivity contribution is 5.85. The SMILES string of the molecule is COc1ccc2c(C(O)CN)occ2c1. The smallest absolute Gasteiger partial charge is 0.141 e. The maximum atomic E-state index is 9.59. The van der Waals surface area contributed by atoms with Gasteiger partial charge in [-0.15, -0.1) is 0 Å². The number of hydrogen-bond acceptors (Lipinski definition) is 4. The van der Waals surface area contributed by atoms with E-state index in [-0.39, 0.29) is 6.54 Å². The predicted octanol–water partition coefficient (Wildman–Crippen LogP) is 1.43. The van der Waals surface area contributed by atoms with Gasteiger partial charge >= 0.3 is 0 Å². The number of aliphatic hydroxyl groups excluding tert-OH is 1. The highest BCUT2D eigenvalue weighted by Crippen LogP contribution is 2.28. The van der Waals surface area contributed by atoms with E-state index in [1.165, 1.54) is 0 Å². The maximum Gasteiger partial charge on any atom is 0.141 e. The molecule has 4 nitrogen and oxygen atoms in total. The summed E-state index contributed by atoms with van der Waals surface area (Å²) in [5, 5.41) is 11.4. The summed E-state index contributed by atoms with van der Waals surface area (Å²) in [4.78, 5) is 0. The first-order valence-corrected chi connectivity index (χ1v) is 4.69. The van der Waals surface area contributed by atoms with Crippen molar-refractivity contribution in [3.63, 3.8) is 0 Å². The van der Waals surface area contributed by atoms with E-state index < -0.39 is 6.10 Å². The molecule has 15 heavy (non-hydrogen) atoms. The minimum absolute atomic E-state index is 0.147. The molecular weight excluding hydrogens is 194 g/mol. The Morgan fingerprint density at radius 2 is 2.33 bits per heavy atom. The fourth-order valence-corrected chi connectivity index (χ4v) is 1.55. The first-order chi connectivity index (χ1) is 7.26. The zero-order valence-corrected chi connectivity index (χ0v) is 8.43. The van der Waals surface area contributed by atoms with Crippen molar-refractivity contribution in [1.29, 1.82) is 0 Å². The molecule has 1 unspecified atom stereocenters. The number of aliphatic hydroxyl groups is 1. The molecule has 80 valence electrons. The number of nitrogens with two attached hydrogens (primary N) is 1. The van der Waals surface area contributed by atoms with Crippen LogP contribution in [0.3, 0.4) is 0 Å². The van der Waals surface area contributed by atoms with Crippen LogP contribution in [0.2, 0.25) is 0 Å². The van der Waals surface area contributed by atoms with Crippen LogP contribution < -0.4 is 10.5 Å². The minimum Gasteiger partial charge on any atom is -0.497 e. The van der Waals surface area contributed by atoms with Gasteiger partial charge in [0, 0.05) is 17.3 Å². The number of benzene rings is 1. The minimum atomic E-state index is -0.754. The summed E-state index contributed by atoms with van der Waals surface area (Å²) in [5.74, 6) is 1.27. The van der Waals surface area contributed by atoms with Gasteiger partial charge in [0.1, 0.15) is 17.6 Å². The molecule has 0 aliphatic rings. The Morgan fingerprint density at radius 3 is 3.00 bits per heavy atom. The summed E-state index contributed by atoms with van der Waals surface area (Å²) in [6.07, 6.45) is 0.836. The van der Waals surface area contributed by atoms with E-state index in [2.05, 4.69) is 0 Å². The van der Waals surface area contributed by atoms with Crippen molar-refractivity contribution < 1.29 is 14.3 Å². The molecule has 1 aromatic carbocycles. The highest BCUT2D eigenvalue weighted by Gasteiger charge is 2.14. The molecule has 2 rings (SSSR count). The second kappa shape index (κ2) is 3.92. The molecule has 1 aromatic heterocycles. The van der Waals surface area contributed by atoms with Crippen LogP contribution in [0.4, 0.5) is 0 Å². The molecular formula is C11H13NO3. The fourth-order valence-electron chi connectivity index (χ4n) is 1.55. The van der Waals surface area contributed by atoms with E-state index in [1.54, 1.807) is 13.4 Å². The zero-order chi connectivity index (χ0) is 10.8. The Morgan fingerprint density at radius 1 is 1.53 bits per heavy atom. The van der Waals surface area contributed by atoms with Gasteiger partial charge in [-0.05, 0) is 18.2 Å². The van der Waals surface area contributed by atoms with E-state index >= 15 is 0 Å². The Hall–Kier alpha value is -1.52. The van der Waals surface area contributed by atoms with Gasteiger partial charge in [0.15, 0.2) is 0 Å². The second-order valence-electron chi connectivity index (χ2n) is 3.30. The van der Waals surface area contributed by atoms with Crippen LogP contribution in [-0.2, 0) is 0 Å². The summed E-state index contributed by atoms with van der Waals surface area (Å²) in [6, 6.07) is 5.53. The van der Waals surface area contributed by atoms with Gasteiger partial charge in [-0.2, -0.15) is 0 Å². The lowest BCUT2D eigenvalue weighted by molar-refractivity contribution is 0.160. The summed E-state index contributed by atoms with van der Waals surface area (Å²) in [5.41, 5.74) is 5.38. The molecule has 0 saturated carbocycles. The Balaban J connectivity index is 2.52. The summed E-state index contributed by atoms with van der Waals surface area (Å²) < 4.78 is 10.4. The molecule has 1 heterocycles. The van der Waals surface area contributed by atoms with Crippen molar-refractivity contribution in [1.82, 2.24) is 0 Å². The van der Waals surface area contributed by atoms with Crippen molar-refractivity contribution in [2.45, 2.75) is 6.10 Å². The maximum absolute atomic E-state index is 9.59. The number of hydrogen-bond donors (Lipinski definition) is 2. The van der Waals surface area contributed by atoms with Gasteiger partial charge in [0.2, 0.25) is 0 Å². The van der Waals surface area contributed by atoms with Crippen molar-refractivity contribution in [2.24, 2.45) is 5.73 Å². The second-order valence-corrected chi connectivity index (χ2v) is 3.30. The van der Waals surface area contributed by atoms with Crippen LogP contribution in [0.5, 0.6) is 5.75 Å². The average Bonchev–Trinajstić information content (AvgIpc) is 2.70. The first-order valence-electron chi connectivity index (χ1n) is 4.69. The van der Waals surface area contributed by atoms with Gasteiger partial charge in [0.05, 0.1) is 13.4 Å². The molecule has 3 N–H and O–H groups in total. The van der Waals surface area contributed by atoms with Crippen molar-refractivity contribution in [2.75, 3.05) is 13.7 Å². The molecule has 0 spiro atoms. The van der Waals surface area contributed by atoms with E-state index in [1.807, 2.05) is 18.2 Å². The van der Waals surface area contributed by atoms with Crippen LogP contribution in [-0.4, -0.2) is 18.8 Å². The zero-order valence-electron chi connectivity index (χ0n) is 8.43. The summed E-state index contributed by atoms with van der Waals surface area (Å²) in [7, 11) is 1.61. The summed E-state index contributed by atoms with van der Waals surface area (Å²) in [6.45, 7) is 0.147. The third-order valence-corrected chi connectivity index (χ3v) is 2.36. The number of methoxy groups -OCH3 is 1. The lowest BCUT2D eigenvalue weighted by atomic mass is 10.1. The lowest BCUT2D eigenvalue weighted by Gasteiger charge is -2.04. The monoisotopic (exact) mass is 207 g/mol. The van der Waals surface area contributed by atoms with Gasteiger partial charge in [-0.1, -0.05) is 0 Å². The Bertz CT molecular complexity index is 464. The van der Waals surface area contributed by atoms with Crippen LogP contribution >= 0.6 is 0 Å². The van der Waals surface area contributed by atoms with Crippen LogP contribution in [0.25, 0.3) is 10.8 Å². The highest BCUT2D eigenvalue weighted by atomic mass is 16.5. The van der Waals surface area contributed by atoms with E-state index in [0.717, 1.165) is 16.5 Å². The number of ether oxygens (including phenoxy) is 1. The van der Waals surface area contributed by atoms with Gasteiger partial charge < -0.3 is 20.0 Å². The molecule has 0 aliphatic carbocycles. The fraction of sp³-hybridized carbons (Fsp3) is 0.273. The van der Waals surface area contributed by atoms with Crippen LogP contribution in [0.15, 0.2) is 28.9 Å². The van der Waals surface area contributed by atoms with Crippen LogP contribution in [0.1, 0.15) is 11.9 Å². The lowest BCUT2D eigenvalue weighted by Crippen LogP contribution is -2.10. The van der Waals surface area contributed by atoms with Crippen LogP contribution in [0, 0.1) is 0 Å². The molecule has 1 atom stereocenters. The van der Waals surface area contributed by atoms with E-state index in [4.69, 9.17) is 14.9 Å². The molecule has 2 aromatic rings. The average molecular weight is 207 g/mol. The molecule has 0 amide bonds.